The smallest absolute Gasteiger partial charge is 0.0471 e. The van der Waals surface area contributed by atoms with E-state index in [0.717, 1.165) is 13.2 Å². The fraction of sp³-hybridized carbons (Fsp3) is 0.684. The number of unbranched alkanes of at least 4 members (excludes halogenated alkanes) is 4. The summed E-state index contributed by atoms with van der Waals surface area (Å²) in [5, 5.41) is 0. The van der Waals surface area contributed by atoms with Crippen molar-refractivity contribution < 1.29 is 4.74 Å². The third-order valence-electron chi connectivity index (χ3n) is 3.93. The van der Waals surface area contributed by atoms with Gasteiger partial charge in [0.15, 0.2) is 0 Å². The van der Waals surface area contributed by atoms with Crippen molar-refractivity contribution in [2.24, 2.45) is 0 Å². The fourth-order valence-corrected chi connectivity index (χ4v) is 2.63. The van der Waals surface area contributed by atoms with E-state index in [2.05, 4.69) is 44.2 Å². The molecule has 1 aromatic rings. The molecule has 1 heteroatoms. The molecule has 0 aromatic heterocycles. The maximum absolute atomic E-state index is 5.79. The van der Waals surface area contributed by atoms with Crippen molar-refractivity contribution in [3.05, 3.63) is 35.9 Å². The van der Waals surface area contributed by atoms with Crippen LogP contribution in [-0.2, 0) is 4.74 Å². The maximum Gasteiger partial charge on any atom is 0.0471 e. The molecule has 0 aliphatic heterocycles. The van der Waals surface area contributed by atoms with Crippen LogP contribution < -0.4 is 0 Å². The first-order valence-electron chi connectivity index (χ1n) is 8.51. The Balaban J connectivity index is 2.31. The molecule has 0 saturated heterocycles. The average Bonchev–Trinajstić information content (AvgIpc) is 2.50. The van der Waals surface area contributed by atoms with Crippen LogP contribution in [0, 0.1) is 0 Å². The van der Waals surface area contributed by atoms with E-state index in [0.29, 0.717) is 5.92 Å². The molecule has 1 unspecified atom stereocenters. The highest BCUT2D eigenvalue weighted by Gasteiger charge is 2.10. The van der Waals surface area contributed by atoms with Crippen molar-refractivity contribution in [2.75, 3.05) is 13.2 Å². The molecule has 0 aliphatic rings. The van der Waals surface area contributed by atoms with Gasteiger partial charge in [0.2, 0.25) is 0 Å². The van der Waals surface area contributed by atoms with Crippen molar-refractivity contribution in [2.45, 2.75) is 71.1 Å². The Morgan fingerprint density at radius 2 is 1.50 bits per heavy atom. The van der Waals surface area contributed by atoms with Crippen molar-refractivity contribution in [3.63, 3.8) is 0 Å². The van der Waals surface area contributed by atoms with Crippen LogP contribution in [0.15, 0.2) is 30.3 Å². The molecular formula is C19H32O. The van der Waals surface area contributed by atoms with Gasteiger partial charge in [-0.1, -0.05) is 76.3 Å². The molecule has 0 N–H and O–H groups in total. The van der Waals surface area contributed by atoms with Gasteiger partial charge in [0.25, 0.3) is 0 Å². The van der Waals surface area contributed by atoms with E-state index >= 15 is 0 Å². The van der Waals surface area contributed by atoms with Gasteiger partial charge in [0.05, 0.1) is 0 Å². The lowest BCUT2D eigenvalue weighted by Gasteiger charge is -2.17. The monoisotopic (exact) mass is 276 g/mol. The van der Waals surface area contributed by atoms with Crippen LogP contribution in [0.3, 0.4) is 0 Å². The second-order valence-corrected chi connectivity index (χ2v) is 5.71. The molecule has 0 amide bonds. The molecule has 1 rings (SSSR count). The van der Waals surface area contributed by atoms with E-state index in [-0.39, 0.29) is 0 Å². The Hall–Kier alpha value is -0.820. The lowest BCUT2D eigenvalue weighted by Crippen LogP contribution is -2.05. The molecule has 0 heterocycles. The van der Waals surface area contributed by atoms with Gasteiger partial charge < -0.3 is 4.74 Å². The van der Waals surface area contributed by atoms with Crippen molar-refractivity contribution in [1.29, 1.82) is 0 Å². The van der Waals surface area contributed by atoms with Crippen LogP contribution in [0.5, 0.6) is 0 Å². The van der Waals surface area contributed by atoms with E-state index in [1.165, 1.54) is 56.9 Å². The van der Waals surface area contributed by atoms with Gasteiger partial charge in [-0.05, 0) is 30.7 Å². The minimum atomic E-state index is 0.675. The van der Waals surface area contributed by atoms with Gasteiger partial charge in [-0.3, -0.25) is 0 Å². The van der Waals surface area contributed by atoms with E-state index in [9.17, 15) is 0 Å². The fourth-order valence-electron chi connectivity index (χ4n) is 2.63. The Morgan fingerprint density at radius 3 is 2.20 bits per heavy atom. The van der Waals surface area contributed by atoms with Crippen molar-refractivity contribution in [1.82, 2.24) is 0 Å². The van der Waals surface area contributed by atoms with Crippen LogP contribution in [0.25, 0.3) is 0 Å². The van der Waals surface area contributed by atoms with Crippen LogP contribution in [0.2, 0.25) is 0 Å². The molecule has 1 nitrogen and oxygen atoms in total. The summed E-state index contributed by atoms with van der Waals surface area (Å²) >= 11 is 0. The summed E-state index contributed by atoms with van der Waals surface area (Å²) in [7, 11) is 0. The van der Waals surface area contributed by atoms with Gasteiger partial charge in [0, 0.05) is 13.2 Å². The summed E-state index contributed by atoms with van der Waals surface area (Å²) in [6.07, 6.45) is 10.2. The Labute approximate surface area is 125 Å². The van der Waals surface area contributed by atoms with Gasteiger partial charge in [-0.15, -0.1) is 0 Å². The molecule has 20 heavy (non-hydrogen) atoms. The standard InChI is InChI=1S/C19H32O/c1-3-5-8-12-19(18-13-9-7-10-14-18)15-17-20-16-11-6-4-2/h7,9-10,13-14,19H,3-6,8,11-12,15-17H2,1-2H3. The van der Waals surface area contributed by atoms with Crippen LogP contribution in [0.4, 0.5) is 0 Å². The van der Waals surface area contributed by atoms with E-state index in [1.807, 2.05) is 0 Å². The molecule has 1 aromatic carbocycles. The van der Waals surface area contributed by atoms with Crippen LogP contribution >= 0.6 is 0 Å². The number of rotatable bonds is 12. The second-order valence-electron chi connectivity index (χ2n) is 5.71. The molecule has 114 valence electrons. The van der Waals surface area contributed by atoms with Gasteiger partial charge in [-0.2, -0.15) is 0 Å². The lowest BCUT2D eigenvalue weighted by atomic mass is 9.91. The molecule has 0 spiro atoms. The summed E-state index contributed by atoms with van der Waals surface area (Å²) in [6.45, 7) is 6.35. The van der Waals surface area contributed by atoms with E-state index in [1.54, 1.807) is 0 Å². The molecule has 0 aliphatic carbocycles. The number of hydrogen-bond acceptors (Lipinski definition) is 1. The van der Waals surface area contributed by atoms with Crippen LogP contribution in [0.1, 0.15) is 76.7 Å². The highest BCUT2D eigenvalue weighted by atomic mass is 16.5. The SMILES string of the molecule is CCCCCOCCC(CCCCC)c1ccccc1. The minimum absolute atomic E-state index is 0.675. The predicted octanol–water partition coefficient (Wildman–Crippen LogP) is 5.95. The molecule has 0 radical (unpaired) electrons. The molecule has 0 bridgehead atoms. The third-order valence-corrected chi connectivity index (χ3v) is 3.93. The van der Waals surface area contributed by atoms with Crippen molar-refractivity contribution >= 4 is 0 Å². The van der Waals surface area contributed by atoms with Crippen molar-refractivity contribution in [3.8, 4) is 0 Å². The zero-order valence-corrected chi connectivity index (χ0v) is 13.4. The van der Waals surface area contributed by atoms with Gasteiger partial charge in [0.1, 0.15) is 0 Å². The Bertz CT molecular complexity index is 307. The maximum atomic E-state index is 5.79. The van der Waals surface area contributed by atoms with E-state index in [4.69, 9.17) is 4.74 Å². The van der Waals surface area contributed by atoms with Crippen LogP contribution in [-0.4, -0.2) is 13.2 Å². The molecule has 1 atom stereocenters. The second kappa shape index (κ2) is 12.0. The van der Waals surface area contributed by atoms with E-state index < -0.39 is 0 Å². The first-order valence-corrected chi connectivity index (χ1v) is 8.51. The number of ether oxygens (including phenoxy) is 1. The highest BCUT2D eigenvalue weighted by Crippen LogP contribution is 2.25. The topological polar surface area (TPSA) is 9.23 Å². The summed E-state index contributed by atoms with van der Waals surface area (Å²) < 4.78 is 5.79. The summed E-state index contributed by atoms with van der Waals surface area (Å²) in [5.41, 5.74) is 1.49. The van der Waals surface area contributed by atoms with Gasteiger partial charge in [-0.25, -0.2) is 0 Å². The zero-order valence-electron chi connectivity index (χ0n) is 13.4. The van der Waals surface area contributed by atoms with Gasteiger partial charge >= 0.3 is 0 Å². The summed E-state index contributed by atoms with van der Waals surface area (Å²) in [4.78, 5) is 0. The first kappa shape index (κ1) is 17.2. The average molecular weight is 276 g/mol. The first-order chi connectivity index (χ1) is 9.88. The largest absolute Gasteiger partial charge is 0.381 e. The molecule has 0 fully saturated rings. The minimum Gasteiger partial charge on any atom is -0.381 e. The normalized spacial score (nSPS) is 12.5. The quantitative estimate of drug-likeness (QED) is 0.429. The predicted molar refractivity (Wildman–Crippen MR) is 88.3 cm³/mol. The summed E-state index contributed by atoms with van der Waals surface area (Å²) in [5.74, 6) is 0.675. The number of hydrogen-bond donors (Lipinski definition) is 0. The lowest BCUT2D eigenvalue weighted by molar-refractivity contribution is 0.122. The molecular weight excluding hydrogens is 244 g/mol. The Morgan fingerprint density at radius 1 is 0.800 bits per heavy atom. The third kappa shape index (κ3) is 7.69. The number of benzene rings is 1. The highest BCUT2D eigenvalue weighted by molar-refractivity contribution is 5.19. The summed E-state index contributed by atoms with van der Waals surface area (Å²) in [6, 6.07) is 11.0. The Kier molecular flexibility index (Phi) is 10.3. The zero-order chi connectivity index (χ0) is 14.5. The molecule has 0 saturated carbocycles.